The van der Waals surface area contributed by atoms with Crippen LogP contribution in [-0.4, -0.2) is 35.2 Å². The predicted octanol–water partition coefficient (Wildman–Crippen LogP) is 5.88. The first-order valence-electron chi connectivity index (χ1n) is 11.6. The van der Waals surface area contributed by atoms with Gasteiger partial charge >= 0.3 is 0 Å². The highest BCUT2D eigenvalue weighted by molar-refractivity contribution is 6.30. The number of amides is 1. The number of hydrogen-bond donors (Lipinski definition) is 1. The third-order valence-electron chi connectivity index (χ3n) is 6.66. The van der Waals surface area contributed by atoms with Gasteiger partial charge in [-0.1, -0.05) is 59.6 Å². The van der Waals surface area contributed by atoms with Crippen LogP contribution in [0.2, 0.25) is 10.0 Å². The van der Waals surface area contributed by atoms with Crippen molar-refractivity contribution in [3.8, 4) is 0 Å². The molecule has 2 aliphatic heterocycles. The number of carbonyl (C=O) groups excluding carboxylic acids is 1. The topological polar surface area (TPSA) is 59.0 Å². The number of fused-ring (bicyclic) bond motifs is 1. The number of benzene rings is 3. The van der Waals surface area contributed by atoms with Crippen molar-refractivity contribution >= 4 is 29.1 Å². The van der Waals surface area contributed by atoms with Gasteiger partial charge < -0.3 is 14.6 Å². The Bertz CT molecular complexity index is 1230. The molecule has 5 rings (SSSR count). The molecule has 0 spiro atoms. The quantitative estimate of drug-likeness (QED) is 0.448. The molecule has 1 N–H and O–H groups in total. The van der Waals surface area contributed by atoms with Gasteiger partial charge in [-0.25, -0.2) is 0 Å². The number of carbonyl (C=O) groups is 1. The lowest BCUT2D eigenvalue weighted by Gasteiger charge is -2.41. The molecule has 0 aliphatic carbocycles. The minimum absolute atomic E-state index is 0.171. The molecule has 7 heteroatoms. The van der Waals surface area contributed by atoms with Crippen molar-refractivity contribution < 1.29 is 19.4 Å². The van der Waals surface area contributed by atoms with Crippen molar-refractivity contribution in [3.05, 3.63) is 105 Å². The number of ether oxygens (including phenoxy) is 2. The van der Waals surface area contributed by atoms with Crippen LogP contribution in [0, 0.1) is 0 Å². The van der Waals surface area contributed by atoms with Crippen molar-refractivity contribution in [3.63, 3.8) is 0 Å². The molecule has 0 bridgehead atoms. The second kappa shape index (κ2) is 9.23. The Labute approximate surface area is 215 Å². The van der Waals surface area contributed by atoms with Crippen LogP contribution in [0.5, 0.6) is 0 Å². The Balaban J connectivity index is 1.72. The molecule has 0 saturated carbocycles. The van der Waals surface area contributed by atoms with Crippen molar-refractivity contribution in [2.45, 2.75) is 44.2 Å². The van der Waals surface area contributed by atoms with E-state index in [-0.39, 0.29) is 12.0 Å². The van der Waals surface area contributed by atoms with Gasteiger partial charge in [0.15, 0.2) is 5.72 Å². The van der Waals surface area contributed by atoms with E-state index in [1.165, 1.54) is 0 Å². The van der Waals surface area contributed by atoms with Gasteiger partial charge in [-0.05, 0) is 61.7 Å². The van der Waals surface area contributed by atoms with E-state index in [4.69, 9.17) is 32.7 Å². The summed E-state index contributed by atoms with van der Waals surface area (Å²) in [5, 5.41) is 11.9. The molecule has 5 nitrogen and oxygen atoms in total. The lowest BCUT2D eigenvalue weighted by molar-refractivity contribution is -0.147. The highest BCUT2D eigenvalue weighted by Gasteiger charge is 2.54. The third-order valence-corrected chi connectivity index (χ3v) is 7.17. The highest BCUT2D eigenvalue weighted by Crippen LogP contribution is 2.48. The summed E-state index contributed by atoms with van der Waals surface area (Å²) in [7, 11) is 0. The molecule has 182 valence electrons. The lowest BCUT2D eigenvalue weighted by atomic mass is 9.89. The maximum atomic E-state index is 14.1. The van der Waals surface area contributed by atoms with Crippen LogP contribution in [0.25, 0.3) is 0 Å². The zero-order chi connectivity index (χ0) is 24.8. The Morgan fingerprint density at radius 3 is 2.31 bits per heavy atom. The summed E-state index contributed by atoms with van der Waals surface area (Å²) in [4.78, 5) is 15.8. The summed E-state index contributed by atoms with van der Waals surface area (Å²) in [5.74, 6) is -0.171. The monoisotopic (exact) mass is 511 g/mol. The van der Waals surface area contributed by atoms with E-state index in [9.17, 15) is 9.90 Å². The second-order valence-corrected chi connectivity index (χ2v) is 10.5. The average molecular weight is 512 g/mol. The van der Waals surface area contributed by atoms with E-state index in [0.29, 0.717) is 40.9 Å². The molecular formula is C28H27Cl2NO4. The van der Waals surface area contributed by atoms with Crippen LogP contribution < -0.4 is 0 Å². The molecular weight excluding hydrogens is 485 g/mol. The van der Waals surface area contributed by atoms with Crippen LogP contribution in [0.1, 0.15) is 52.9 Å². The number of hydrogen-bond acceptors (Lipinski definition) is 4. The normalized spacial score (nSPS) is 22.0. The molecule has 3 aromatic rings. The molecule has 0 aromatic heterocycles. The predicted molar refractivity (Wildman–Crippen MR) is 136 cm³/mol. The van der Waals surface area contributed by atoms with Crippen molar-refractivity contribution in [2.24, 2.45) is 0 Å². The molecule has 1 fully saturated rings. The fourth-order valence-corrected chi connectivity index (χ4v) is 5.07. The Morgan fingerprint density at radius 2 is 1.71 bits per heavy atom. The van der Waals surface area contributed by atoms with E-state index in [1.54, 1.807) is 36.9 Å². The van der Waals surface area contributed by atoms with Crippen LogP contribution in [0.15, 0.2) is 66.7 Å². The largest absolute Gasteiger partial charge is 0.386 e. The minimum atomic E-state index is -1.19. The van der Waals surface area contributed by atoms with Gasteiger partial charge in [0.1, 0.15) is 0 Å². The molecule has 1 amide bonds. The summed E-state index contributed by atoms with van der Waals surface area (Å²) >= 11 is 12.3. The zero-order valence-electron chi connectivity index (χ0n) is 19.6. The molecule has 1 saturated heterocycles. The Morgan fingerprint density at radius 1 is 1.06 bits per heavy atom. The third kappa shape index (κ3) is 4.48. The molecule has 2 atom stereocenters. The maximum Gasteiger partial charge on any atom is 0.257 e. The second-order valence-electron chi connectivity index (χ2n) is 9.59. The van der Waals surface area contributed by atoms with Gasteiger partial charge in [-0.15, -0.1) is 0 Å². The Kier molecular flexibility index (Phi) is 6.41. The molecule has 3 aromatic carbocycles. The highest BCUT2D eigenvalue weighted by atomic mass is 35.5. The first-order chi connectivity index (χ1) is 16.7. The number of halogens is 2. The van der Waals surface area contributed by atoms with Gasteiger partial charge in [0.2, 0.25) is 0 Å². The maximum absolute atomic E-state index is 14.1. The summed E-state index contributed by atoms with van der Waals surface area (Å²) in [5.41, 5.74) is 1.34. The van der Waals surface area contributed by atoms with Crippen LogP contribution in [0.4, 0.5) is 0 Å². The molecule has 0 radical (unpaired) electrons. The number of rotatable bonds is 6. The smallest absolute Gasteiger partial charge is 0.257 e. The van der Waals surface area contributed by atoms with Gasteiger partial charge in [0.25, 0.3) is 5.91 Å². The lowest BCUT2D eigenvalue weighted by Crippen LogP contribution is -2.48. The van der Waals surface area contributed by atoms with Gasteiger partial charge in [0.05, 0.1) is 18.3 Å². The van der Waals surface area contributed by atoms with E-state index in [1.807, 2.05) is 48.5 Å². The SMILES string of the molecule is CC(C)(O)c1ccc2c(c1)C(=O)N(Cc1ccc(Cl)cc1)[C@@]2(OC1CCOC1)c1ccc(Cl)cc1. The van der Waals surface area contributed by atoms with Gasteiger partial charge in [0, 0.05) is 39.9 Å². The average Bonchev–Trinajstić information content (AvgIpc) is 3.42. The summed E-state index contributed by atoms with van der Waals surface area (Å²) in [6, 6.07) is 20.4. The van der Waals surface area contributed by atoms with Gasteiger partial charge in [-0.2, -0.15) is 0 Å². The van der Waals surface area contributed by atoms with Crippen LogP contribution in [0.3, 0.4) is 0 Å². The van der Waals surface area contributed by atoms with E-state index in [0.717, 1.165) is 23.1 Å². The Hall–Kier alpha value is -2.41. The van der Waals surface area contributed by atoms with E-state index in [2.05, 4.69) is 0 Å². The van der Waals surface area contributed by atoms with E-state index < -0.39 is 11.3 Å². The first kappa shape index (κ1) is 24.3. The fourth-order valence-electron chi connectivity index (χ4n) is 4.82. The van der Waals surface area contributed by atoms with Crippen LogP contribution >= 0.6 is 23.2 Å². The fraction of sp³-hybridized carbons (Fsp3) is 0.321. The van der Waals surface area contributed by atoms with Crippen molar-refractivity contribution in [1.82, 2.24) is 4.90 Å². The minimum Gasteiger partial charge on any atom is -0.386 e. The molecule has 2 aliphatic rings. The summed E-state index contributed by atoms with van der Waals surface area (Å²) < 4.78 is 12.5. The molecule has 1 unspecified atom stereocenters. The first-order valence-corrected chi connectivity index (χ1v) is 12.4. The molecule has 2 heterocycles. The zero-order valence-corrected chi connectivity index (χ0v) is 21.1. The van der Waals surface area contributed by atoms with Crippen molar-refractivity contribution in [1.29, 1.82) is 0 Å². The number of aliphatic hydroxyl groups is 1. The number of nitrogens with zero attached hydrogens (tertiary/aromatic N) is 1. The van der Waals surface area contributed by atoms with Crippen molar-refractivity contribution in [2.75, 3.05) is 13.2 Å². The summed E-state index contributed by atoms with van der Waals surface area (Å²) in [6.45, 7) is 4.78. The van der Waals surface area contributed by atoms with E-state index >= 15 is 0 Å². The standard InChI is InChI=1S/C28H27Cl2NO4/c1-27(2,33)20-7-12-25-24(15-20)26(32)31(16-18-3-8-21(29)9-4-18)28(25,35-23-13-14-34-17-23)19-5-10-22(30)11-6-19/h3-12,15,23,33H,13-14,16-17H2,1-2H3/t23?,28-/m1/s1. The van der Waals surface area contributed by atoms with Crippen LogP contribution in [-0.2, 0) is 27.3 Å². The summed E-state index contributed by atoms with van der Waals surface area (Å²) in [6.07, 6.45) is 0.543. The van der Waals surface area contributed by atoms with Gasteiger partial charge in [-0.3, -0.25) is 9.69 Å². The molecule has 35 heavy (non-hydrogen) atoms.